The van der Waals surface area contributed by atoms with Gasteiger partial charge in [0.2, 0.25) is 11.8 Å². The SMILES string of the molecule is CC1(C)C(=O)NC(=O)CN1Cc1ccc(Br)cn1. The largest absolute Gasteiger partial charge is 0.294 e. The molecule has 1 fully saturated rings. The zero-order chi connectivity index (χ0) is 13.3. The van der Waals surface area contributed by atoms with Crippen molar-refractivity contribution < 1.29 is 9.59 Å². The van der Waals surface area contributed by atoms with Gasteiger partial charge in [-0.3, -0.25) is 24.8 Å². The Balaban J connectivity index is 2.18. The van der Waals surface area contributed by atoms with Crippen molar-refractivity contribution in [2.75, 3.05) is 6.54 Å². The molecule has 1 saturated heterocycles. The van der Waals surface area contributed by atoms with Gasteiger partial charge in [-0.25, -0.2) is 0 Å². The minimum atomic E-state index is -0.706. The third-order valence-corrected chi connectivity index (χ3v) is 3.54. The van der Waals surface area contributed by atoms with Gasteiger partial charge in [-0.05, 0) is 41.9 Å². The van der Waals surface area contributed by atoms with E-state index in [2.05, 4.69) is 26.2 Å². The molecule has 0 unspecified atom stereocenters. The molecule has 6 heteroatoms. The number of amides is 2. The highest BCUT2D eigenvalue weighted by atomic mass is 79.9. The van der Waals surface area contributed by atoms with Gasteiger partial charge in [-0.15, -0.1) is 0 Å². The molecule has 0 atom stereocenters. The Morgan fingerprint density at radius 3 is 2.78 bits per heavy atom. The number of rotatable bonds is 2. The molecule has 18 heavy (non-hydrogen) atoms. The van der Waals surface area contributed by atoms with E-state index in [0.717, 1.165) is 10.2 Å². The van der Waals surface area contributed by atoms with E-state index in [0.29, 0.717) is 6.54 Å². The second-order valence-electron chi connectivity index (χ2n) is 4.76. The lowest BCUT2D eigenvalue weighted by Gasteiger charge is -2.39. The number of pyridine rings is 1. The highest BCUT2D eigenvalue weighted by Crippen LogP contribution is 2.20. The van der Waals surface area contributed by atoms with Crippen molar-refractivity contribution in [3.05, 3.63) is 28.5 Å². The first-order chi connectivity index (χ1) is 8.39. The van der Waals surface area contributed by atoms with Crippen molar-refractivity contribution in [3.8, 4) is 0 Å². The number of halogens is 1. The fourth-order valence-corrected chi connectivity index (χ4v) is 2.02. The van der Waals surface area contributed by atoms with Gasteiger partial charge >= 0.3 is 0 Å². The van der Waals surface area contributed by atoms with Crippen LogP contribution >= 0.6 is 15.9 Å². The van der Waals surface area contributed by atoms with Gasteiger partial charge in [0, 0.05) is 17.2 Å². The van der Waals surface area contributed by atoms with Gasteiger partial charge in [0.15, 0.2) is 0 Å². The normalized spacial score (nSPS) is 19.7. The Kier molecular flexibility index (Phi) is 3.49. The molecule has 2 heterocycles. The van der Waals surface area contributed by atoms with E-state index in [9.17, 15) is 9.59 Å². The van der Waals surface area contributed by atoms with Gasteiger partial charge in [-0.1, -0.05) is 0 Å². The molecule has 0 aliphatic carbocycles. The van der Waals surface area contributed by atoms with Crippen LogP contribution < -0.4 is 5.32 Å². The van der Waals surface area contributed by atoms with Crippen molar-refractivity contribution in [3.63, 3.8) is 0 Å². The fourth-order valence-electron chi connectivity index (χ4n) is 1.78. The molecule has 0 spiro atoms. The average molecular weight is 312 g/mol. The third kappa shape index (κ3) is 2.59. The number of hydrogen-bond acceptors (Lipinski definition) is 4. The van der Waals surface area contributed by atoms with Crippen LogP contribution in [-0.2, 0) is 16.1 Å². The van der Waals surface area contributed by atoms with Gasteiger partial charge in [0.05, 0.1) is 17.8 Å². The van der Waals surface area contributed by atoms with E-state index in [-0.39, 0.29) is 18.4 Å². The number of aromatic nitrogens is 1. The maximum Gasteiger partial charge on any atom is 0.246 e. The van der Waals surface area contributed by atoms with Gasteiger partial charge in [-0.2, -0.15) is 0 Å². The Bertz CT molecular complexity index is 485. The van der Waals surface area contributed by atoms with Crippen molar-refractivity contribution in [2.45, 2.75) is 25.9 Å². The van der Waals surface area contributed by atoms with Crippen LogP contribution in [0.15, 0.2) is 22.8 Å². The van der Waals surface area contributed by atoms with Crippen molar-refractivity contribution in [1.29, 1.82) is 0 Å². The number of imide groups is 1. The van der Waals surface area contributed by atoms with E-state index < -0.39 is 5.54 Å². The van der Waals surface area contributed by atoms with Crippen LogP contribution in [0.5, 0.6) is 0 Å². The second-order valence-corrected chi connectivity index (χ2v) is 5.68. The first kappa shape index (κ1) is 13.2. The smallest absolute Gasteiger partial charge is 0.246 e. The lowest BCUT2D eigenvalue weighted by Crippen LogP contribution is -2.63. The molecule has 0 aromatic carbocycles. The summed E-state index contributed by atoms with van der Waals surface area (Å²) >= 11 is 3.32. The van der Waals surface area contributed by atoms with Crippen LogP contribution in [0.4, 0.5) is 0 Å². The summed E-state index contributed by atoms with van der Waals surface area (Å²) in [7, 11) is 0. The predicted molar refractivity (Wildman–Crippen MR) is 69.6 cm³/mol. The Morgan fingerprint density at radius 2 is 2.17 bits per heavy atom. The lowest BCUT2D eigenvalue weighted by atomic mass is 9.98. The molecular weight excluding hydrogens is 298 g/mol. The van der Waals surface area contributed by atoms with Crippen LogP contribution in [0, 0.1) is 0 Å². The molecule has 5 nitrogen and oxygen atoms in total. The molecule has 0 bridgehead atoms. The summed E-state index contributed by atoms with van der Waals surface area (Å²) in [5.41, 5.74) is 0.122. The maximum absolute atomic E-state index is 11.8. The highest BCUT2D eigenvalue weighted by molar-refractivity contribution is 9.10. The van der Waals surface area contributed by atoms with E-state index in [1.807, 2.05) is 17.0 Å². The number of nitrogens with zero attached hydrogens (tertiary/aromatic N) is 2. The number of nitrogens with one attached hydrogen (secondary N) is 1. The fraction of sp³-hybridized carbons (Fsp3) is 0.417. The molecule has 2 amide bonds. The highest BCUT2D eigenvalue weighted by Gasteiger charge is 2.40. The molecule has 0 saturated carbocycles. The third-order valence-electron chi connectivity index (χ3n) is 3.08. The summed E-state index contributed by atoms with van der Waals surface area (Å²) in [5, 5.41) is 2.35. The first-order valence-corrected chi connectivity index (χ1v) is 6.38. The van der Waals surface area contributed by atoms with Crippen LogP contribution in [0.1, 0.15) is 19.5 Å². The van der Waals surface area contributed by atoms with Crippen molar-refractivity contribution >= 4 is 27.7 Å². The minimum Gasteiger partial charge on any atom is -0.294 e. The van der Waals surface area contributed by atoms with E-state index in [4.69, 9.17) is 0 Å². The van der Waals surface area contributed by atoms with Crippen LogP contribution in [0.2, 0.25) is 0 Å². The summed E-state index contributed by atoms with van der Waals surface area (Å²) < 4.78 is 0.901. The molecule has 1 aromatic rings. The van der Waals surface area contributed by atoms with Crippen LogP contribution in [0.3, 0.4) is 0 Å². The van der Waals surface area contributed by atoms with Crippen molar-refractivity contribution in [1.82, 2.24) is 15.2 Å². The van der Waals surface area contributed by atoms with E-state index in [1.165, 1.54) is 0 Å². The summed E-state index contributed by atoms with van der Waals surface area (Å²) in [5.74, 6) is -0.535. The molecular formula is C12H14BrN3O2. The van der Waals surface area contributed by atoms with E-state index >= 15 is 0 Å². The monoisotopic (exact) mass is 311 g/mol. The molecule has 96 valence electrons. The maximum atomic E-state index is 11.8. The molecule has 1 aliphatic rings. The predicted octanol–water partition coefficient (Wildman–Crippen LogP) is 1.08. The van der Waals surface area contributed by atoms with Gasteiger partial charge in [0.1, 0.15) is 0 Å². The van der Waals surface area contributed by atoms with Gasteiger partial charge in [0.25, 0.3) is 0 Å². The zero-order valence-electron chi connectivity index (χ0n) is 10.2. The number of carbonyl (C=O) groups is 2. The Morgan fingerprint density at radius 1 is 1.44 bits per heavy atom. The topological polar surface area (TPSA) is 62.3 Å². The Hall–Kier alpha value is -1.27. The van der Waals surface area contributed by atoms with E-state index in [1.54, 1.807) is 20.0 Å². The average Bonchev–Trinajstić information content (AvgIpc) is 2.29. The van der Waals surface area contributed by atoms with Gasteiger partial charge < -0.3 is 0 Å². The Labute approximate surface area is 114 Å². The number of carbonyl (C=O) groups excluding carboxylic acids is 2. The molecule has 2 rings (SSSR count). The summed E-state index contributed by atoms with van der Waals surface area (Å²) in [4.78, 5) is 29.3. The molecule has 1 aromatic heterocycles. The molecule has 1 N–H and O–H groups in total. The lowest BCUT2D eigenvalue weighted by molar-refractivity contribution is -0.145. The van der Waals surface area contributed by atoms with Crippen LogP contribution in [0.25, 0.3) is 0 Å². The minimum absolute atomic E-state index is 0.205. The summed E-state index contributed by atoms with van der Waals surface area (Å²) in [6, 6.07) is 3.76. The number of piperazine rings is 1. The van der Waals surface area contributed by atoms with Crippen LogP contribution in [-0.4, -0.2) is 33.8 Å². The zero-order valence-corrected chi connectivity index (χ0v) is 11.8. The molecule has 0 radical (unpaired) electrons. The standard InChI is InChI=1S/C12H14BrN3O2/c1-12(2)11(18)15-10(17)7-16(12)6-9-4-3-8(13)5-14-9/h3-5H,6-7H2,1-2H3,(H,15,17,18). The second kappa shape index (κ2) is 4.78. The van der Waals surface area contributed by atoms with Crippen molar-refractivity contribution in [2.24, 2.45) is 0 Å². The first-order valence-electron chi connectivity index (χ1n) is 5.59. The molecule has 1 aliphatic heterocycles. The quantitative estimate of drug-likeness (QED) is 0.830. The number of hydrogen-bond donors (Lipinski definition) is 1. The summed E-state index contributed by atoms with van der Waals surface area (Å²) in [6.07, 6.45) is 1.70. The summed E-state index contributed by atoms with van der Waals surface area (Å²) in [6.45, 7) is 4.27.